The number of carbonyl (C=O) groups excluding carboxylic acids is 1. The van der Waals surface area contributed by atoms with E-state index in [9.17, 15) is 9.59 Å². The van der Waals surface area contributed by atoms with Crippen LogP contribution in [0.3, 0.4) is 0 Å². The van der Waals surface area contributed by atoms with E-state index in [1.165, 1.54) is 7.11 Å². The number of methoxy groups -OCH3 is 1. The number of hydrogen-bond acceptors (Lipinski definition) is 6. The lowest BCUT2D eigenvalue weighted by Gasteiger charge is -2.36. The fourth-order valence-corrected chi connectivity index (χ4v) is 2.85. The second-order valence-corrected chi connectivity index (χ2v) is 6.05. The van der Waals surface area contributed by atoms with Gasteiger partial charge in [0.25, 0.3) is 5.56 Å². The molecule has 1 saturated heterocycles. The molecule has 2 N–H and O–H groups in total. The monoisotopic (exact) mass is 358 g/mol. The zero-order chi connectivity index (χ0) is 15.6. The number of piperidine rings is 1. The lowest BCUT2D eigenvalue weighted by molar-refractivity contribution is -0.141. The number of carbonyl (C=O) groups is 1. The normalized spacial score (nSPS) is 22.2. The van der Waals surface area contributed by atoms with Crippen LogP contribution in [-0.4, -0.2) is 42.0 Å². The summed E-state index contributed by atoms with van der Waals surface area (Å²) in [6, 6.07) is 0.0724. The van der Waals surface area contributed by atoms with Crippen molar-refractivity contribution in [1.82, 2.24) is 9.78 Å². The highest BCUT2D eigenvalue weighted by Crippen LogP contribution is 2.26. The van der Waals surface area contributed by atoms with E-state index in [2.05, 4.69) is 32.7 Å². The minimum Gasteiger partial charge on any atom is -0.468 e. The van der Waals surface area contributed by atoms with Crippen LogP contribution in [0, 0.1) is 5.92 Å². The summed E-state index contributed by atoms with van der Waals surface area (Å²) in [6.45, 7) is 3.44. The second kappa shape index (κ2) is 6.57. The minimum absolute atomic E-state index is 0.0724. The number of anilines is 1. The molecule has 7 nitrogen and oxygen atoms in total. The summed E-state index contributed by atoms with van der Waals surface area (Å²) in [5.41, 5.74) is 6.44. The zero-order valence-electron chi connectivity index (χ0n) is 12.1. The van der Waals surface area contributed by atoms with E-state index >= 15 is 0 Å². The molecule has 0 aromatic carbocycles. The first kappa shape index (κ1) is 16.0. The third-order valence-corrected chi connectivity index (χ3v) is 4.58. The number of aromatic nitrogens is 2. The standard InChI is InChI=1S/C13H19BrN4O3/c1-8-3-4-17(6-9(8)15)10-5-16-18(7-11(19)21-2)13(20)12(10)14/h5,8-9H,3-4,6-7,15H2,1-2H3. The summed E-state index contributed by atoms with van der Waals surface area (Å²) in [7, 11) is 1.27. The molecule has 8 heteroatoms. The Morgan fingerprint density at radius 3 is 2.95 bits per heavy atom. The molecular formula is C13H19BrN4O3. The molecule has 0 radical (unpaired) electrons. The van der Waals surface area contributed by atoms with Crippen LogP contribution in [0.5, 0.6) is 0 Å². The molecule has 0 aliphatic carbocycles. The third-order valence-electron chi connectivity index (χ3n) is 3.83. The van der Waals surface area contributed by atoms with Gasteiger partial charge in [0.2, 0.25) is 0 Å². The Morgan fingerprint density at radius 2 is 2.33 bits per heavy atom. The summed E-state index contributed by atoms with van der Waals surface area (Å²) in [6.07, 6.45) is 2.55. The van der Waals surface area contributed by atoms with Crippen LogP contribution in [0.15, 0.2) is 15.5 Å². The van der Waals surface area contributed by atoms with Gasteiger partial charge in [-0.25, -0.2) is 4.68 Å². The SMILES string of the molecule is COC(=O)Cn1ncc(N2CCC(C)C(N)C2)c(Br)c1=O. The van der Waals surface area contributed by atoms with Crippen molar-refractivity contribution in [2.75, 3.05) is 25.1 Å². The molecule has 1 fully saturated rings. The molecular weight excluding hydrogens is 340 g/mol. The lowest BCUT2D eigenvalue weighted by atomic mass is 9.94. The molecule has 0 bridgehead atoms. The van der Waals surface area contributed by atoms with E-state index in [0.29, 0.717) is 22.6 Å². The van der Waals surface area contributed by atoms with Crippen molar-refractivity contribution in [3.63, 3.8) is 0 Å². The van der Waals surface area contributed by atoms with E-state index in [1.54, 1.807) is 6.20 Å². The zero-order valence-corrected chi connectivity index (χ0v) is 13.7. The first-order chi connectivity index (χ1) is 9.93. The van der Waals surface area contributed by atoms with Crippen LogP contribution in [0.25, 0.3) is 0 Å². The molecule has 1 aromatic heterocycles. The Kier molecular flexibility index (Phi) is 5.00. The molecule has 2 heterocycles. The third kappa shape index (κ3) is 3.44. The van der Waals surface area contributed by atoms with Gasteiger partial charge in [0.15, 0.2) is 0 Å². The summed E-state index contributed by atoms with van der Waals surface area (Å²) in [5.74, 6) is -0.0502. The first-order valence-electron chi connectivity index (χ1n) is 6.77. The predicted molar refractivity (Wildman–Crippen MR) is 82.2 cm³/mol. The maximum absolute atomic E-state index is 12.2. The van der Waals surface area contributed by atoms with Crippen LogP contribution in [0.2, 0.25) is 0 Å². The van der Waals surface area contributed by atoms with Crippen LogP contribution < -0.4 is 16.2 Å². The number of hydrogen-bond donors (Lipinski definition) is 1. The van der Waals surface area contributed by atoms with Crippen molar-refractivity contribution >= 4 is 27.6 Å². The Labute approximate surface area is 131 Å². The van der Waals surface area contributed by atoms with Crippen molar-refractivity contribution in [2.45, 2.75) is 25.9 Å². The molecule has 0 spiro atoms. The van der Waals surface area contributed by atoms with Gasteiger partial charge in [0.05, 0.1) is 19.0 Å². The van der Waals surface area contributed by atoms with Crippen molar-refractivity contribution in [3.8, 4) is 0 Å². The van der Waals surface area contributed by atoms with Gasteiger partial charge in [-0.05, 0) is 28.3 Å². The van der Waals surface area contributed by atoms with E-state index in [-0.39, 0.29) is 18.1 Å². The van der Waals surface area contributed by atoms with Crippen LogP contribution in [-0.2, 0) is 16.1 Å². The number of esters is 1. The van der Waals surface area contributed by atoms with Crippen LogP contribution >= 0.6 is 15.9 Å². The predicted octanol–water partition coefficient (Wildman–Crippen LogP) is 0.352. The van der Waals surface area contributed by atoms with Gasteiger partial charge >= 0.3 is 5.97 Å². The van der Waals surface area contributed by atoms with E-state index < -0.39 is 5.97 Å². The first-order valence-corrected chi connectivity index (χ1v) is 7.56. The van der Waals surface area contributed by atoms with Gasteiger partial charge in [0, 0.05) is 19.1 Å². The molecule has 2 atom stereocenters. The molecule has 1 aliphatic rings. The second-order valence-electron chi connectivity index (χ2n) is 5.26. The van der Waals surface area contributed by atoms with Gasteiger partial charge in [-0.3, -0.25) is 9.59 Å². The fraction of sp³-hybridized carbons (Fsp3) is 0.615. The van der Waals surface area contributed by atoms with Gasteiger partial charge in [0.1, 0.15) is 11.0 Å². The summed E-state index contributed by atoms with van der Waals surface area (Å²) >= 11 is 3.31. The van der Waals surface area contributed by atoms with Crippen molar-refractivity contribution in [2.24, 2.45) is 11.7 Å². The van der Waals surface area contributed by atoms with Crippen molar-refractivity contribution in [3.05, 3.63) is 21.0 Å². The quantitative estimate of drug-likeness (QED) is 0.784. The van der Waals surface area contributed by atoms with Crippen LogP contribution in [0.1, 0.15) is 13.3 Å². The highest BCUT2D eigenvalue weighted by molar-refractivity contribution is 9.10. The lowest BCUT2D eigenvalue weighted by Crippen LogP contribution is -2.48. The minimum atomic E-state index is -0.516. The number of halogens is 1. The smallest absolute Gasteiger partial charge is 0.327 e. The number of nitrogens with two attached hydrogens (primary N) is 1. The molecule has 116 valence electrons. The maximum atomic E-state index is 12.2. The Morgan fingerprint density at radius 1 is 1.62 bits per heavy atom. The Hall–Kier alpha value is -1.41. The highest BCUT2D eigenvalue weighted by atomic mass is 79.9. The fourth-order valence-electron chi connectivity index (χ4n) is 2.29. The van der Waals surface area contributed by atoms with E-state index in [1.807, 2.05) is 4.90 Å². The molecule has 0 amide bonds. The largest absolute Gasteiger partial charge is 0.468 e. The van der Waals surface area contributed by atoms with E-state index in [0.717, 1.165) is 17.6 Å². The Bertz CT molecular complexity index is 589. The Balaban J connectivity index is 2.25. The van der Waals surface area contributed by atoms with Gasteiger partial charge in [-0.1, -0.05) is 6.92 Å². The van der Waals surface area contributed by atoms with Crippen LogP contribution in [0.4, 0.5) is 5.69 Å². The molecule has 1 aromatic rings. The highest BCUT2D eigenvalue weighted by Gasteiger charge is 2.25. The topological polar surface area (TPSA) is 90.5 Å². The van der Waals surface area contributed by atoms with Gasteiger partial charge in [-0.2, -0.15) is 5.10 Å². The van der Waals surface area contributed by atoms with Gasteiger partial charge in [-0.15, -0.1) is 0 Å². The number of rotatable bonds is 3. The van der Waals surface area contributed by atoms with Gasteiger partial charge < -0.3 is 15.4 Å². The molecule has 2 rings (SSSR count). The summed E-state index contributed by atoms with van der Waals surface area (Å²) in [5, 5.41) is 4.04. The molecule has 1 aliphatic heterocycles. The molecule has 2 unspecified atom stereocenters. The maximum Gasteiger partial charge on any atom is 0.327 e. The number of nitrogens with zero attached hydrogens (tertiary/aromatic N) is 3. The average Bonchev–Trinajstić information content (AvgIpc) is 2.47. The summed E-state index contributed by atoms with van der Waals surface area (Å²) < 4.78 is 6.01. The van der Waals surface area contributed by atoms with Crippen molar-refractivity contribution in [1.29, 1.82) is 0 Å². The van der Waals surface area contributed by atoms with E-state index in [4.69, 9.17) is 5.73 Å². The summed E-state index contributed by atoms with van der Waals surface area (Å²) in [4.78, 5) is 25.5. The van der Waals surface area contributed by atoms with Crippen molar-refractivity contribution < 1.29 is 9.53 Å². The number of ether oxygens (including phenoxy) is 1. The average molecular weight is 359 g/mol. The molecule has 0 saturated carbocycles. The molecule has 21 heavy (non-hydrogen) atoms.